The molecule has 28 heavy (non-hydrogen) atoms. The van der Waals surface area contributed by atoms with Crippen LogP contribution in [0.1, 0.15) is 30.3 Å². The molecule has 154 valence electrons. The first-order chi connectivity index (χ1) is 12.7. The summed E-state index contributed by atoms with van der Waals surface area (Å²) < 4.78 is 5.48. The summed E-state index contributed by atoms with van der Waals surface area (Å²) in [6.07, 6.45) is 2.19. The molecule has 1 amide bonds. The lowest BCUT2D eigenvalue weighted by molar-refractivity contribution is 0.0753. The minimum atomic E-state index is 0. The van der Waals surface area contributed by atoms with Gasteiger partial charge in [-0.1, -0.05) is 0 Å². The van der Waals surface area contributed by atoms with Crippen molar-refractivity contribution >= 4 is 42.1 Å². The van der Waals surface area contributed by atoms with E-state index in [0.29, 0.717) is 12.3 Å². The van der Waals surface area contributed by atoms with Crippen LogP contribution in [0.4, 0.5) is 0 Å². The molecular weight excluding hydrogens is 417 g/mol. The standard InChI is InChI=1S/C20H25N3O2S.2ClH/c1-2-25-17-5-3-14(4-6-17)19-22-18(13-26-19)20(24)23-9-7-15-11-21-12-16(15)8-10-23;;/h3-6,13,15-16,21H,2,7-12H2,1H3;2*1H/t15-,16+;;. The molecule has 8 heteroatoms. The molecule has 2 atom stereocenters. The Bertz CT molecular complexity index is 755. The first kappa shape index (κ1) is 22.9. The van der Waals surface area contributed by atoms with Crippen LogP contribution in [0.2, 0.25) is 0 Å². The molecule has 1 aromatic heterocycles. The van der Waals surface area contributed by atoms with Crippen molar-refractivity contribution in [2.45, 2.75) is 19.8 Å². The van der Waals surface area contributed by atoms with Crippen molar-refractivity contribution in [3.63, 3.8) is 0 Å². The number of carbonyl (C=O) groups excluding carboxylic acids is 1. The van der Waals surface area contributed by atoms with Crippen LogP contribution in [0, 0.1) is 11.8 Å². The van der Waals surface area contributed by atoms with Crippen LogP contribution in [-0.4, -0.2) is 48.6 Å². The summed E-state index contributed by atoms with van der Waals surface area (Å²) in [5.74, 6) is 2.38. The zero-order valence-corrected chi connectivity index (χ0v) is 18.4. The zero-order valence-electron chi connectivity index (χ0n) is 15.9. The molecule has 0 saturated carbocycles. The molecule has 0 aliphatic carbocycles. The van der Waals surface area contributed by atoms with Gasteiger partial charge in [0.15, 0.2) is 0 Å². The van der Waals surface area contributed by atoms with Crippen LogP contribution in [0.5, 0.6) is 5.75 Å². The SMILES string of the molecule is CCOc1ccc(-c2nc(C(=O)N3CC[C@@H]4CNC[C@@H]4CC3)cs2)cc1.Cl.Cl. The molecule has 0 bridgehead atoms. The Morgan fingerprint density at radius 2 is 1.82 bits per heavy atom. The van der Waals surface area contributed by atoms with Crippen molar-refractivity contribution in [3.8, 4) is 16.3 Å². The van der Waals surface area contributed by atoms with Gasteiger partial charge in [0.2, 0.25) is 0 Å². The normalized spacial score (nSPS) is 21.1. The van der Waals surface area contributed by atoms with Gasteiger partial charge in [0.25, 0.3) is 5.91 Å². The number of ether oxygens (including phenoxy) is 1. The van der Waals surface area contributed by atoms with E-state index in [1.54, 1.807) is 0 Å². The molecular formula is C20H27Cl2N3O2S. The molecule has 0 radical (unpaired) electrons. The molecule has 4 rings (SSSR count). The van der Waals surface area contributed by atoms with Crippen LogP contribution in [0.3, 0.4) is 0 Å². The van der Waals surface area contributed by atoms with Crippen LogP contribution in [-0.2, 0) is 0 Å². The van der Waals surface area contributed by atoms with Crippen molar-refractivity contribution in [2.24, 2.45) is 11.8 Å². The number of rotatable bonds is 4. The van der Waals surface area contributed by atoms with Crippen molar-refractivity contribution in [2.75, 3.05) is 32.8 Å². The highest BCUT2D eigenvalue weighted by molar-refractivity contribution is 7.13. The van der Waals surface area contributed by atoms with Crippen molar-refractivity contribution < 1.29 is 9.53 Å². The largest absolute Gasteiger partial charge is 0.494 e. The molecule has 2 aliphatic heterocycles. The lowest BCUT2D eigenvalue weighted by Gasteiger charge is -2.19. The third-order valence-electron chi connectivity index (χ3n) is 5.44. The van der Waals surface area contributed by atoms with E-state index in [2.05, 4.69) is 10.3 Å². The number of carbonyl (C=O) groups is 1. The number of hydrogen-bond acceptors (Lipinski definition) is 5. The minimum Gasteiger partial charge on any atom is -0.494 e. The van der Waals surface area contributed by atoms with Crippen LogP contribution >= 0.6 is 36.2 Å². The molecule has 2 fully saturated rings. The van der Waals surface area contributed by atoms with Crippen LogP contribution in [0.25, 0.3) is 10.6 Å². The summed E-state index contributed by atoms with van der Waals surface area (Å²) in [5.41, 5.74) is 1.60. The Balaban J connectivity index is 0.00000140. The Morgan fingerprint density at radius 3 is 2.43 bits per heavy atom. The monoisotopic (exact) mass is 443 g/mol. The average Bonchev–Trinajstić information content (AvgIpc) is 3.28. The number of hydrogen-bond donors (Lipinski definition) is 1. The fourth-order valence-corrected chi connectivity index (χ4v) is 4.75. The fraction of sp³-hybridized carbons (Fsp3) is 0.500. The third kappa shape index (κ3) is 4.98. The fourth-order valence-electron chi connectivity index (χ4n) is 3.95. The number of nitrogens with zero attached hydrogens (tertiary/aromatic N) is 2. The second-order valence-electron chi connectivity index (χ2n) is 7.04. The van der Waals surface area contributed by atoms with Gasteiger partial charge in [-0.25, -0.2) is 4.98 Å². The van der Waals surface area contributed by atoms with Gasteiger partial charge in [-0.2, -0.15) is 0 Å². The number of aromatic nitrogens is 1. The highest BCUT2D eigenvalue weighted by Crippen LogP contribution is 2.29. The molecule has 0 spiro atoms. The van der Waals surface area contributed by atoms with Gasteiger partial charge in [0.1, 0.15) is 16.5 Å². The summed E-state index contributed by atoms with van der Waals surface area (Å²) in [7, 11) is 0. The second kappa shape index (κ2) is 10.4. The molecule has 2 aromatic rings. The van der Waals surface area contributed by atoms with E-state index in [-0.39, 0.29) is 30.7 Å². The van der Waals surface area contributed by atoms with E-state index >= 15 is 0 Å². The smallest absolute Gasteiger partial charge is 0.273 e. The minimum absolute atomic E-state index is 0. The third-order valence-corrected chi connectivity index (χ3v) is 6.33. The van der Waals surface area contributed by atoms with Gasteiger partial charge in [-0.3, -0.25) is 4.79 Å². The number of thiazole rings is 1. The zero-order chi connectivity index (χ0) is 17.9. The van der Waals surface area contributed by atoms with E-state index in [4.69, 9.17) is 4.74 Å². The topological polar surface area (TPSA) is 54.5 Å². The van der Waals surface area contributed by atoms with E-state index in [1.165, 1.54) is 11.3 Å². The number of benzene rings is 1. The average molecular weight is 444 g/mol. The van der Waals surface area contributed by atoms with Gasteiger partial charge in [-0.15, -0.1) is 36.2 Å². The number of nitrogens with one attached hydrogen (secondary N) is 1. The van der Waals surface area contributed by atoms with E-state index in [0.717, 1.165) is 67.2 Å². The first-order valence-corrected chi connectivity index (χ1v) is 10.3. The number of fused-ring (bicyclic) bond motifs is 1. The van der Waals surface area contributed by atoms with Gasteiger partial charge in [0, 0.05) is 24.0 Å². The molecule has 5 nitrogen and oxygen atoms in total. The predicted molar refractivity (Wildman–Crippen MR) is 118 cm³/mol. The number of halogens is 2. The summed E-state index contributed by atoms with van der Waals surface area (Å²) in [6, 6.07) is 7.89. The highest BCUT2D eigenvalue weighted by Gasteiger charge is 2.32. The molecule has 3 heterocycles. The van der Waals surface area contributed by atoms with Crippen LogP contribution in [0.15, 0.2) is 29.6 Å². The molecule has 1 N–H and O–H groups in total. The summed E-state index contributed by atoms with van der Waals surface area (Å²) >= 11 is 1.53. The van der Waals surface area contributed by atoms with Gasteiger partial charge in [0.05, 0.1) is 6.61 Å². The summed E-state index contributed by atoms with van der Waals surface area (Å²) in [4.78, 5) is 19.5. The van der Waals surface area contributed by atoms with Gasteiger partial charge < -0.3 is 15.0 Å². The second-order valence-corrected chi connectivity index (χ2v) is 7.90. The lowest BCUT2D eigenvalue weighted by atomic mass is 9.92. The van der Waals surface area contributed by atoms with Crippen molar-refractivity contribution in [3.05, 3.63) is 35.3 Å². The van der Waals surface area contributed by atoms with Crippen molar-refractivity contribution in [1.82, 2.24) is 15.2 Å². The van der Waals surface area contributed by atoms with Crippen molar-refractivity contribution in [1.29, 1.82) is 0 Å². The maximum Gasteiger partial charge on any atom is 0.273 e. The van der Waals surface area contributed by atoms with E-state index in [9.17, 15) is 4.79 Å². The quantitative estimate of drug-likeness (QED) is 0.771. The maximum absolute atomic E-state index is 12.9. The van der Waals surface area contributed by atoms with E-state index in [1.807, 2.05) is 41.5 Å². The Kier molecular flexibility index (Phi) is 8.56. The summed E-state index contributed by atoms with van der Waals surface area (Å²) in [5, 5.41) is 6.25. The Hall–Kier alpha value is -1.34. The molecule has 1 aromatic carbocycles. The van der Waals surface area contributed by atoms with Gasteiger partial charge >= 0.3 is 0 Å². The predicted octanol–water partition coefficient (Wildman–Crippen LogP) is 4.12. The lowest BCUT2D eigenvalue weighted by Crippen LogP contribution is -2.33. The van der Waals surface area contributed by atoms with Gasteiger partial charge in [-0.05, 0) is 69.0 Å². The van der Waals surface area contributed by atoms with Crippen LogP contribution < -0.4 is 10.1 Å². The number of amides is 1. The Labute approximate surface area is 182 Å². The van der Waals surface area contributed by atoms with E-state index < -0.39 is 0 Å². The molecule has 2 aliphatic rings. The Morgan fingerprint density at radius 1 is 1.18 bits per heavy atom. The maximum atomic E-state index is 12.9. The molecule has 0 unspecified atom stereocenters. The highest BCUT2D eigenvalue weighted by atomic mass is 35.5. The molecule has 2 saturated heterocycles. The number of likely N-dealkylation sites (tertiary alicyclic amines) is 1. The first-order valence-electron chi connectivity index (χ1n) is 9.43. The summed E-state index contributed by atoms with van der Waals surface area (Å²) in [6.45, 7) is 6.52.